The van der Waals surface area contributed by atoms with Gasteiger partial charge in [0.05, 0.1) is 11.7 Å². The first-order valence-corrected chi connectivity index (χ1v) is 13.2. The number of nitrogens with one attached hydrogen (secondary N) is 1. The van der Waals surface area contributed by atoms with E-state index in [1.807, 2.05) is 23.2 Å². The van der Waals surface area contributed by atoms with Crippen LogP contribution < -0.4 is 5.32 Å². The third-order valence-electron chi connectivity index (χ3n) is 7.38. The molecule has 1 saturated heterocycles. The summed E-state index contributed by atoms with van der Waals surface area (Å²) in [6, 6.07) is 10.5. The van der Waals surface area contributed by atoms with Gasteiger partial charge in [0.2, 0.25) is 0 Å². The lowest BCUT2D eigenvalue weighted by molar-refractivity contribution is -0.123. The zero-order chi connectivity index (χ0) is 27.1. The van der Waals surface area contributed by atoms with Crippen molar-refractivity contribution in [2.24, 2.45) is 7.05 Å². The Hall–Kier alpha value is -3.73. The summed E-state index contributed by atoms with van der Waals surface area (Å²) in [5, 5.41) is 12.3. The van der Waals surface area contributed by atoms with Crippen molar-refractivity contribution in [3.8, 4) is 11.4 Å². The standard InChI is InChI=1S/C28H29F3N6O2/c1-36-23(34-26(35-36)18-7-9-19(10-8-18)27(38)32-16-28(29,30)31)14-20-11-12-22-21(25(20)17-5-6-17)15-33-37(22)24-4-2-3-13-39-24/h7-12,15,17,24H,2-6,13-14,16H2,1H3,(H,32,38). The summed E-state index contributed by atoms with van der Waals surface area (Å²) >= 11 is 0. The number of carbonyl (C=O) groups is 1. The normalized spacial score (nSPS) is 18.0. The smallest absolute Gasteiger partial charge is 0.356 e. The summed E-state index contributed by atoms with van der Waals surface area (Å²) in [6.07, 6.45) is 3.62. The number of fused-ring (bicyclic) bond motifs is 1. The van der Waals surface area contributed by atoms with Gasteiger partial charge < -0.3 is 10.1 Å². The van der Waals surface area contributed by atoms with Crippen molar-refractivity contribution in [2.75, 3.05) is 13.2 Å². The lowest BCUT2D eigenvalue weighted by Gasteiger charge is -2.23. The van der Waals surface area contributed by atoms with Gasteiger partial charge in [-0.3, -0.25) is 9.48 Å². The Bertz CT molecular complexity index is 1500. The molecule has 1 aliphatic carbocycles. The van der Waals surface area contributed by atoms with E-state index in [0.29, 0.717) is 23.7 Å². The van der Waals surface area contributed by atoms with Gasteiger partial charge in [0, 0.05) is 36.6 Å². The number of aromatic nitrogens is 5. The minimum Gasteiger partial charge on any atom is -0.356 e. The largest absolute Gasteiger partial charge is 0.405 e. The van der Waals surface area contributed by atoms with Gasteiger partial charge in [0.1, 0.15) is 12.4 Å². The zero-order valence-electron chi connectivity index (χ0n) is 21.5. The van der Waals surface area contributed by atoms with Gasteiger partial charge in [0.15, 0.2) is 12.1 Å². The maximum absolute atomic E-state index is 12.4. The van der Waals surface area contributed by atoms with Crippen molar-refractivity contribution < 1.29 is 22.7 Å². The second kappa shape index (κ2) is 10.1. The molecule has 2 aromatic heterocycles. The predicted molar refractivity (Wildman–Crippen MR) is 138 cm³/mol. The van der Waals surface area contributed by atoms with Crippen LogP contribution in [0.1, 0.15) is 71.6 Å². The molecule has 1 N–H and O–H groups in total. The number of hydrogen-bond acceptors (Lipinski definition) is 5. The molecular formula is C28H29F3N6O2. The molecule has 8 nitrogen and oxygen atoms in total. The van der Waals surface area contributed by atoms with Crippen molar-refractivity contribution in [2.45, 2.75) is 56.8 Å². The van der Waals surface area contributed by atoms with E-state index in [0.717, 1.165) is 50.1 Å². The van der Waals surface area contributed by atoms with E-state index in [2.05, 4.69) is 17.2 Å². The van der Waals surface area contributed by atoms with Crippen molar-refractivity contribution in [3.05, 3.63) is 65.1 Å². The van der Waals surface area contributed by atoms with Crippen molar-refractivity contribution in [3.63, 3.8) is 0 Å². The van der Waals surface area contributed by atoms with Crippen molar-refractivity contribution >= 4 is 16.8 Å². The molecule has 204 valence electrons. The number of rotatable bonds is 7. The van der Waals surface area contributed by atoms with E-state index < -0.39 is 18.6 Å². The lowest BCUT2D eigenvalue weighted by atomic mass is 9.96. The molecule has 1 saturated carbocycles. The minimum absolute atomic E-state index is 0.0162. The summed E-state index contributed by atoms with van der Waals surface area (Å²) in [5.41, 5.74) is 4.45. The Labute approximate surface area is 223 Å². The van der Waals surface area contributed by atoms with Crippen LogP contribution in [0.15, 0.2) is 42.6 Å². The number of alkyl halides is 3. The second-order valence-corrected chi connectivity index (χ2v) is 10.3. The quantitative estimate of drug-likeness (QED) is 0.346. The number of benzene rings is 2. The highest BCUT2D eigenvalue weighted by Crippen LogP contribution is 2.45. The molecule has 11 heteroatoms. The van der Waals surface area contributed by atoms with E-state index in [1.165, 1.54) is 28.6 Å². The first-order chi connectivity index (χ1) is 18.8. The first kappa shape index (κ1) is 25.5. The molecule has 6 rings (SSSR count). The maximum Gasteiger partial charge on any atom is 0.405 e. The topological polar surface area (TPSA) is 86.9 Å². The number of carbonyl (C=O) groups excluding carboxylic acids is 1. The van der Waals surface area contributed by atoms with E-state index in [9.17, 15) is 18.0 Å². The Balaban J connectivity index is 1.23. The number of hydrogen-bond donors (Lipinski definition) is 1. The van der Waals surface area contributed by atoms with Crippen LogP contribution in [0.5, 0.6) is 0 Å². The maximum atomic E-state index is 12.4. The zero-order valence-corrected chi connectivity index (χ0v) is 21.5. The van der Waals surface area contributed by atoms with E-state index in [1.54, 1.807) is 16.8 Å². The molecule has 4 aromatic rings. The van der Waals surface area contributed by atoms with Gasteiger partial charge in [-0.1, -0.05) is 18.2 Å². The monoisotopic (exact) mass is 538 g/mol. The highest BCUT2D eigenvalue weighted by molar-refractivity contribution is 5.94. The van der Waals surface area contributed by atoms with Crippen LogP contribution >= 0.6 is 0 Å². The molecule has 2 aliphatic rings. The van der Waals surface area contributed by atoms with Crippen LogP contribution in [-0.4, -0.2) is 49.8 Å². The third-order valence-corrected chi connectivity index (χ3v) is 7.38. The van der Waals surface area contributed by atoms with Crippen LogP contribution in [0.3, 0.4) is 0 Å². The van der Waals surface area contributed by atoms with E-state index >= 15 is 0 Å². The van der Waals surface area contributed by atoms with Crippen molar-refractivity contribution in [1.82, 2.24) is 29.9 Å². The number of nitrogens with zero attached hydrogens (tertiary/aromatic N) is 5. The Morgan fingerprint density at radius 2 is 1.90 bits per heavy atom. The van der Waals surface area contributed by atoms with Crippen molar-refractivity contribution in [1.29, 1.82) is 0 Å². The van der Waals surface area contributed by atoms with Gasteiger partial charge in [-0.05, 0) is 67.3 Å². The molecule has 2 aromatic carbocycles. The molecule has 1 unspecified atom stereocenters. The van der Waals surface area contributed by atoms with Gasteiger partial charge in [-0.2, -0.15) is 23.4 Å². The molecule has 1 atom stereocenters. The fraction of sp³-hybridized carbons (Fsp3) is 0.429. The summed E-state index contributed by atoms with van der Waals surface area (Å²) in [4.78, 5) is 16.8. The van der Waals surface area contributed by atoms with Gasteiger partial charge in [-0.15, -0.1) is 0 Å². The molecule has 39 heavy (non-hydrogen) atoms. The predicted octanol–water partition coefficient (Wildman–Crippen LogP) is 5.29. The molecule has 0 bridgehead atoms. The van der Waals surface area contributed by atoms with E-state index in [4.69, 9.17) is 14.8 Å². The fourth-order valence-electron chi connectivity index (χ4n) is 5.26. The summed E-state index contributed by atoms with van der Waals surface area (Å²) in [6.45, 7) is -0.607. The average molecular weight is 539 g/mol. The van der Waals surface area contributed by atoms with Gasteiger partial charge in [0.25, 0.3) is 5.91 Å². The second-order valence-electron chi connectivity index (χ2n) is 10.3. The lowest BCUT2D eigenvalue weighted by Crippen LogP contribution is -2.33. The molecule has 0 spiro atoms. The van der Waals surface area contributed by atoms with Gasteiger partial charge >= 0.3 is 6.18 Å². The SMILES string of the molecule is Cn1nc(-c2ccc(C(=O)NCC(F)(F)F)cc2)nc1Cc1ccc2c(cnn2C2CCCCO2)c1C1CC1. The summed E-state index contributed by atoms with van der Waals surface area (Å²) < 4.78 is 47.0. The highest BCUT2D eigenvalue weighted by atomic mass is 19.4. The molecule has 0 radical (unpaired) electrons. The fourth-order valence-corrected chi connectivity index (χ4v) is 5.26. The molecular weight excluding hydrogens is 509 g/mol. The number of halogens is 3. The third kappa shape index (κ3) is 5.40. The molecule has 1 aliphatic heterocycles. The van der Waals surface area contributed by atoms with E-state index in [-0.39, 0.29) is 11.8 Å². The number of aryl methyl sites for hydroxylation is 1. The van der Waals surface area contributed by atoms with Crippen LogP contribution in [0, 0.1) is 0 Å². The van der Waals surface area contributed by atoms with Crippen LogP contribution in [0.4, 0.5) is 13.2 Å². The van der Waals surface area contributed by atoms with Crippen LogP contribution in [0.25, 0.3) is 22.3 Å². The summed E-state index contributed by atoms with van der Waals surface area (Å²) in [7, 11) is 1.85. The molecule has 2 fully saturated rings. The average Bonchev–Trinajstić information content (AvgIpc) is 3.57. The van der Waals surface area contributed by atoms with Gasteiger partial charge in [-0.25, -0.2) is 9.67 Å². The Morgan fingerprint density at radius 1 is 1.10 bits per heavy atom. The Kier molecular flexibility index (Phi) is 6.62. The number of ether oxygens (including phenoxy) is 1. The summed E-state index contributed by atoms with van der Waals surface area (Å²) in [5.74, 6) is 1.01. The highest BCUT2D eigenvalue weighted by Gasteiger charge is 2.31. The Morgan fingerprint density at radius 3 is 2.59 bits per heavy atom. The van der Waals surface area contributed by atoms with Crippen LogP contribution in [0.2, 0.25) is 0 Å². The molecule has 1 amide bonds. The molecule has 3 heterocycles. The van der Waals surface area contributed by atoms with Crippen LogP contribution in [-0.2, 0) is 18.2 Å². The number of amides is 1. The first-order valence-electron chi connectivity index (χ1n) is 13.2. The minimum atomic E-state index is -4.46.